The molecule has 0 amide bonds. The fraction of sp³-hybridized carbons (Fsp3) is 0.357. The fourth-order valence-corrected chi connectivity index (χ4v) is 3.02. The molecule has 0 spiro atoms. The van der Waals surface area contributed by atoms with Gasteiger partial charge in [0, 0.05) is 24.7 Å². The van der Waals surface area contributed by atoms with Crippen molar-refractivity contribution in [3.05, 3.63) is 23.2 Å². The minimum absolute atomic E-state index is 0.306. The van der Waals surface area contributed by atoms with E-state index in [0.717, 1.165) is 0 Å². The molecule has 0 aliphatic carbocycles. The van der Waals surface area contributed by atoms with Crippen molar-refractivity contribution < 1.29 is 23.8 Å². The van der Waals surface area contributed by atoms with Crippen LogP contribution in [0.15, 0.2) is 23.2 Å². The van der Waals surface area contributed by atoms with Crippen molar-refractivity contribution >= 4 is 35.1 Å². The number of halogens is 1. The zero-order valence-corrected chi connectivity index (χ0v) is 12.8. The molecule has 3 aliphatic rings. The highest BCUT2D eigenvalue weighted by Crippen LogP contribution is 2.44. The van der Waals surface area contributed by atoms with Gasteiger partial charge < -0.3 is 24.4 Å². The Bertz CT molecular complexity index is 752. The Morgan fingerprint density at radius 3 is 2.91 bits per heavy atom. The van der Waals surface area contributed by atoms with E-state index in [4.69, 9.17) is 25.8 Å². The molecule has 1 aromatic carbocycles. The van der Waals surface area contributed by atoms with Gasteiger partial charge in [0.15, 0.2) is 5.84 Å². The number of amidine groups is 1. The van der Waals surface area contributed by atoms with Crippen LogP contribution in [0.4, 0.5) is 5.69 Å². The Morgan fingerprint density at radius 2 is 2.17 bits per heavy atom. The van der Waals surface area contributed by atoms with E-state index in [1.165, 1.54) is 0 Å². The molecule has 23 heavy (non-hydrogen) atoms. The normalized spacial score (nSPS) is 28.7. The van der Waals surface area contributed by atoms with Gasteiger partial charge in [-0.3, -0.25) is 4.99 Å². The first-order valence-corrected chi connectivity index (χ1v) is 7.33. The molecule has 120 valence electrons. The van der Waals surface area contributed by atoms with Gasteiger partial charge in [-0.1, -0.05) is 11.6 Å². The number of hydrogen-bond donors (Lipinski definition) is 1. The number of carbonyl (C=O) groups is 2. The van der Waals surface area contributed by atoms with E-state index in [-0.39, 0.29) is 0 Å². The van der Waals surface area contributed by atoms with Crippen LogP contribution in [0.3, 0.4) is 0 Å². The Balaban J connectivity index is 1.88. The van der Waals surface area contributed by atoms with Crippen molar-refractivity contribution in [2.45, 2.75) is 12.0 Å². The summed E-state index contributed by atoms with van der Waals surface area (Å²) in [7, 11) is 1.70. The molecule has 0 aromatic heterocycles. The summed E-state index contributed by atoms with van der Waals surface area (Å²) in [5.74, 6) is -3.17. The Morgan fingerprint density at radius 1 is 1.35 bits per heavy atom. The third kappa shape index (κ3) is 1.94. The van der Waals surface area contributed by atoms with Crippen molar-refractivity contribution in [1.82, 2.24) is 5.32 Å². The van der Waals surface area contributed by atoms with Gasteiger partial charge in [-0.05, 0) is 12.1 Å². The van der Waals surface area contributed by atoms with Gasteiger partial charge in [0.2, 0.25) is 0 Å². The summed E-state index contributed by atoms with van der Waals surface area (Å²) in [5.41, 5.74) is 0.652. The highest BCUT2D eigenvalue weighted by Gasteiger charge is 2.62. The third-order valence-electron chi connectivity index (χ3n) is 3.87. The maximum absolute atomic E-state index is 11.8. The first-order chi connectivity index (χ1) is 11.0. The molecule has 0 saturated carbocycles. The summed E-state index contributed by atoms with van der Waals surface area (Å²) < 4.78 is 16.5. The first kappa shape index (κ1) is 14.1. The number of esters is 2. The molecule has 4 rings (SSSR count). The van der Waals surface area contributed by atoms with E-state index in [1.807, 2.05) is 0 Å². The molecule has 2 atom stereocenters. The van der Waals surface area contributed by atoms with Crippen LogP contribution in [0.25, 0.3) is 0 Å². The molecule has 1 saturated heterocycles. The second-order valence-electron chi connectivity index (χ2n) is 5.30. The summed E-state index contributed by atoms with van der Waals surface area (Å²) in [4.78, 5) is 29.4. The minimum atomic E-state index is -1.67. The second kappa shape index (κ2) is 4.76. The SMILES string of the molecule is CN1c2ccc(Cl)cc2OC2(C3=NCCN3)OC(=O)C(=O)OC12. The van der Waals surface area contributed by atoms with Gasteiger partial charge in [0.05, 0.1) is 12.2 Å². The molecule has 1 N–H and O–H groups in total. The number of likely N-dealkylation sites (N-methyl/N-ethyl adjacent to an activating group) is 1. The minimum Gasteiger partial charge on any atom is -0.439 e. The molecule has 9 heteroatoms. The van der Waals surface area contributed by atoms with E-state index in [0.29, 0.717) is 35.4 Å². The first-order valence-electron chi connectivity index (χ1n) is 6.95. The van der Waals surface area contributed by atoms with Crippen molar-refractivity contribution in [2.75, 3.05) is 25.0 Å². The van der Waals surface area contributed by atoms with Crippen LogP contribution >= 0.6 is 11.6 Å². The van der Waals surface area contributed by atoms with Gasteiger partial charge in [-0.25, -0.2) is 9.59 Å². The molecule has 8 nitrogen and oxygen atoms in total. The van der Waals surface area contributed by atoms with Crippen LogP contribution in [0, 0.1) is 0 Å². The highest BCUT2D eigenvalue weighted by atomic mass is 35.5. The van der Waals surface area contributed by atoms with E-state index in [1.54, 1.807) is 30.1 Å². The number of carbonyl (C=O) groups excluding carboxylic acids is 2. The zero-order chi connectivity index (χ0) is 16.2. The molecule has 1 fully saturated rings. The van der Waals surface area contributed by atoms with E-state index in [9.17, 15) is 9.59 Å². The number of nitrogens with zero attached hydrogens (tertiary/aromatic N) is 2. The summed E-state index contributed by atoms with van der Waals surface area (Å²) in [5, 5.41) is 3.48. The van der Waals surface area contributed by atoms with Gasteiger partial charge in [0.25, 0.3) is 6.23 Å². The molecule has 2 unspecified atom stereocenters. The van der Waals surface area contributed by atoms with Crippen molar-refractivity contribution in [2.24, 2.45) is 4.99 Å². The van der Waals surface area contributed by atoms with Crippen LogP contribution in [-0.2, 0) is 19.1 Å². The van der Waals surface area contributed by atoms with Crippen LogP contribution in [0.5, 0.6) is 5.75 Å². The number of hydrogen-bond acceptors (Lipinski definition) is 8. The standard InChI is InChI=1S/C14H12ClN3O5/c1-18-8-3-2-7(15)6-9(8)22-14(12-16-4-5-17-12)13(18)21-10(19)11(20)23-14/h2-3,6,13H,4-5H2,1H3,(H,16,17). The van der Waals surface area contributed by atoms with Crippen LogP contribution in [0.2, 0.25) is 5.02 Å². The summed E-state index contributed by atoms with van der Waals surface area (Å²) in [6.07, 6.45) is -0.995. The quantitative estimate of drug-likeness (QED) is 0.582. The lowest BCUT2D eigenvalue weighted by molar-refractivity contribution is -0.240. The Kier molecular flexibility index (Phi) is 2.92. The highest BCUT2D eigenvalue weighted by molar-refractivity contribution is 6.31. The Hall–Kier alpha value is -2.48. The molecule has 0 radical (unpaired) electrons. The molecule has 3 heterocycles. The summed E-state index contributed by atoms with van der Waals surface area (Å²) in [6, 6.07) is 5.02. The maximum Gasteiger partial charge on any atom is 0.421 e. The van der Waals surface area contributed by atoms with E-state index < -0.39 is 24.0 Å². The maximum atomic E-state index is 11.8. The number of anilines is 1. The second-order valence-corrected chi connectivity index (χ2v) is 5.73. The third-order valence-corrected chi connectivity index (χ3v) is 4.11. The largest absolute Gasteiger partial charge is 0.439 e. The zero-order valence-electron chi connectivity index (χ0n) is 12.0. The average molecular weight is 338 g/mol. The predicted molar refractivity (Wildman–Crippen MR) is 79.5 cm³/mol. The fourth-order valence-electron chi connectivity index (χ4n) is 2.86. The number of fused-ring (bicyclic) bond motifs is 2. The number of aliphatic imine (C=N–C) groups is 1. The van der Waals surface area contributed by atoms with Gasteiger partial charge in [-0.2, -0.15) is 0 Å². The van der Waals surface area contributed by atoms with Crippen molar-refractivity contribution in [3.63, 3.8) is 0 Å². The smallest absolute Gasteiger partial charge is 0.421 e. The number of benzene rings is 1. The Labute approximate surface area is 136 Å². The van der Waals surface area contributed by atoms with Crippen LogP contribution in [-0.4, -0.2) is 49.9 Å². The number of nitrogens with one attached hydrogen (secondary N) is 1. The lowest BCUT2D eigenvalue weighted by atomic mass is 10.1. The predicted octanol–water partition coefficient (Wildman–Crippen LogP) is 0.293. The van der Waals surface area contributed by atoms with Crippen molar-refractivity contribution in [3.8, 4) is 5.75 Å². The lowest BCUT2D eigenvalue weighted by Gasteiger charge is -2.48. The van der Waals surface area contributed by atoms with Gasteiger partial charge in [-0.15, -0.1) is 0 Å². The van der Waals surface area contributed by atoms with Crippen LogP contribution in [0.1, 0.15) is 0 Å². The van der Waals surface area contributed by atoms with E-state index >= 15 is 0 Å². The molecular weight excluding hydrogens is 326 g/mol. The lowest BCUT2D eigenvalue weighted by Crippen LogP contribution is -2.71. The number of ether oxygens (including phenoxy) is 3. The van der Waals surface area contributed by atoms with Crippen molar-refractivity contribution in [1.29, 1.82) is 0 Å². The summed E-state index contributed by atoms with van der Waals surface area (Å²) >= 11 is 6.02. The topological polar surface area (TPSA) is 89.5 Å². The molecular formula is C14H12ClN3O5. The molecule has 3 aliphatic heterocycles. The number of rotatable bonds is 1. The average Bonchev–Trinajstić information content (AvgIpc) is 3.04. The van der Waals surface area contributed by atoms with Gasteiger partial charge in [0.1, 0.15) is 5.75 Å². The summed E-state index contributed by atoms with van der Waals surface area (Å²) in [6.45, 7) is 1.08. The monoisotopic (exact) mass is 337 g/mol. The molecule has 1 aromatic rings. The van der Waals surface area contributed by atoms with Gasteiger partial charge >= 0.3 is 17.7 Å². The van der Waals surface area contributed by atoms with Crippen LogP contribution < -0.4 is 15.0 Å². The van der Waals surface area contributed by atoms with E-state index in [2.05, 4.69) is 10.3 Å². The molecule has 0 bridgehead atoms.